The Morgan fingerprint density at radius 3 is 2.46 bits per heavy atom. The highest BCUT2D eigenvalue weighted by Crippen LogP contribution is 2.20. The Morgan fingerprint density at radius 2 is 1.89 bits per heavy atom. The molecule has 0 aromatic rings. The molecule has 10 heteroatoms. The minimum absolute atomic E-state index is 0.181. The molecule has 0 aliphatic carbocycles. The van der Waals surface area contributed by atoms with Gasteiger partial charge in [-0.3, -0.25) is 4.79 Å². The van der Waals surface area contributed by atoms with E-state index in [-0.39, 0.29) is 19.1 Å². The van der Waals surface area contributed by atoms with Gasteiger partial charge < -0.3 is 19.7 Å². The van der Waals surface area contributed by atoms with Crippen molar-refractivity contribution in [3.63, 3.8) is 0 Å². The summed E-state index contributed by atoms with van der Waals surface area (Å²) in [6.07, 6.45) is 5.84. The number of carbonyl (C=O) groups excluding carboxylic acids is 4. The number of unbranched alkanes of at least 4 members (excludes halogenated alkanes) is 2. The number of allylic oxidation sites excluding steroid dienone is 1. The van der Waals surface area contributed by atoms with Crippen LogP contribution in [0.4, 0.5) is 9.59 Å². The van der Waals surface area contributed by atoms with Crippen molar-refractivity contribution in [3.8, 4) is 0 Å². The maximum atomic E-state index is 13.4. The van der Waals surface area contributed by atoms with Crippen LogP contribution in [-0.2, 0) is 19.1 Å². The summed E-state index contributed by atoms with van der Waals surface area (Å²) in [6, 6.07) is -2.20. The molecule has 0 radical (unpaired) electrons. The number of urea groups is 1. The molecule has 0 spiro atoms. The molecule has 35 heavy (non-hydrogen) atoms. The summed E-state index contributed by atoms with van der Waals surface area (Å²) in [7, 11) is 0. The lowest BCUT2D eigenvalue weighted by atomic mass is 10.0. The molecule has 1 rings (SSSR count). The molecule has 0 aromatic carbocycles. The number of nitrogens with one attached hydrogen (secondary N) is 2. The van der Waals surface area contributed by atoms with E-state index in [1.807, 2.05) is 0 Å². The Labute approximate surface area is 209 Å². The molecule has 1 fully saturated rings. The molecular formula is C25H42N4O6. The number of hydrogen-bond donors (Lipinski definition) is 2. The first-order valence-corrected chi connectivity index (χ1v) is 12.2. The number of carbonyl (C=O) groups is 4. The van der Waals surface area contributed by atoms with Crippen LogP contribution in [0.25, 0.3) is 0 Å². The molecule has 1 heterocycles. The lowest BCUT2D eigenvalue weighted by Gasteiger charge is -2.32. The van der Waals surface area contributed by atoms with Crippen LogP contribution >= 0.6 is 0 Å². The van der Waals surface area contributed by atoms with Crippen molar-refractivity contribution in [3.05, 3.63) is 25.3 Å². The van der Waals surface area contributed by atoms with Gasteiger partial charge in [0.2, 0.25) is 5.91 Å². The van der Waals surface area contributed by atoms with Crippen molar-refractivity contribution >= 4 is 24.0 Å². The van der Waals surface area contributed by atoms with Crippen molar-refractivity contribution in [1.82, 2.24) is 20.7 Å². The average Bonchev–Trinajstić information content (AvgIpc) is 3.27. The van der Waals surface area contributed by atoms with Gasteiger partial charge >= 0.3 is 18.1 Å². The Morgan fingerprint density at radius 1 is 1.20 bits per heavy atom. The number of nitrogens with zero attached hydrogens (tertiary/aromatic N) is 2. The predicted molar refractivity (Wildman–Crippen MR) is 133 cm³/mol. The second-order valence-electron chi connectivity index (χ2n) is 9.52. The van der Waals surface area contributed by atoms with E-state index in [0.717, 1.165) is 12.8 Å². The highest BCUT2D eigenvalue weighted by molar-refractivity contribution is 5.91. The van der Waals surface area contributed by atoms with Crippen molar-refractivity contribution in [2.45, 2.75) is 84.4 Å². The number of rotatable bonds is 11. The standard InChI is InChI=1S/C25H42N4O6/c1-8-11-12-13-17-29(27-23(32)35-25(5,6)7)24(33)28-16-14-15-19(28)21(30)26-20(18(4)9-2)22(31)34-10-3/h8-9,18-20H,1-2,10-17H2,3-7H3,(H,26,30)(H,27,32). The van der Waals surface area contributed by atoms with Crippen molar-refractivity contribution in [2.75, 3.05) is 19.7 Å². The monoisotopic (exact) mass is 494 g/mol. The molecule has 2 N–H and O–H groups in total. The lowest BCUT2D eigenvalue weighted by molar-refractivity contribution is -0.148. The molecule has 3 atom stereocenters. The number of esters is 1. The summed E-state index contributed by atoms with van der Waals surface area (Å²) >= 11 is 0. The van der Waals surface area contributed by atoms with E-state index in [1.54, 1.807) is 46.8 Å². The summed E-state index contributed by atoms with van der Waals surface area (Å²) in [4.78, 5) is 52.7. The summed E-state index contributed by atoms with van der Waals surface area (Å²) in [5.41, 5.74) is 1.79. The van der Waals surface area contributed by atoms with Crippen LogP contribution in [0.2, 0.25) is 0 Å². The first-order chi connectivity index (χ1) is 16.4. The number of likely N-dealkylation sites (tertiary alicyclic amines) is 1. The normalized spacial score (nSPS) is 17.1. The van der Waals surface area contributed by atoms with Gasteiger partial charge in [0.25, 0.3) is 0 Å². The zero-order chi connectivity index (χ0) is 26.6. The van der Waals surface area contributed by atoms with Gasteiger partial charge in [0.15, 0.2) is 0 Å². The van der Waals surface area contributed by atoms with Gasteiger partial charge in [0.05, 0.1) is 6.61 Å². The maximum absolute atomic E-state index is 13.4. The van der Waals surface area contributed by atoms with E-state index in [0.29, 0.717) is 25.8 Å². The van der Waals surface area contributed by atoms with Gasteiger partial charge in [-0.25, -0.2) is 24.8 Å². The summed E-state index contributed by atoms with van der Waals surface area (Å²) < 4.78 is 10.4. The van der Waals surface area contributed by atoms with E-state index in [1.165, 1.54) is 9.91 Å². The molecule has 3 unspecified atom stereocenters. The Bertz CT molecular complexity index is 764. The van der Waals surface area contributed by atoms with E-state index in [4.69, 9.17) is 9.47 Å². The summed E-state index contributed by atoms with van der Waals surface area (Å²) in [6.45, 7) is 16.8. The Balaban J connectivity index is 3.00. The summed E-state index contributed by atoms with van der Waals surface area (Å²) in [5.74, 6) is -1.37. The molecular weight excluding hydrogens is 452 g/mol. The zero-order valence-corrected chi connectivity index (χ0v) is 21.8. The van der Waals surface area contributed by atoms with E-state index >= 15 is 0 Å². The topological polar surface area (TPSA) is 117 Å². The number of ether oxygens (including phenoxy) is 2. The second kappa shape index (κ2) is 14.4. The van der Waals surface area contributed by atoms with Crippen LogP contribution in [-0.4, -0.2) is 71.3 Å². The van der Waals surface area contributed by atoms with Crippen molar-refractivity contribution in [1.29, 1.82) is 0 Å². The van der Waals surface area contributed by atoms with Crippen LogP contribution in [0.3, 0.4) is 0 Å². The molecule has 0 saturated carbocycles. The highest BCUT2D eigenvalue weighted by Gasteiger charge is 2.39. The highest BCUT2D eigenvalue weighted by atomic mass is 16.6. The third-order valence-electron chi connectivity index (χ3n) is 5.43. The first kappa shape index (κ1) is 30.0. The minimum atomic E-state index is -0.910. The van der Waals surface area contributed by atoms with E-state index < -0.39 is 41.7 Å². The van der Waals surface area contributed by atoms with E-state index in [2.05, 4.69) is 23.9 Å². The maximum Gasteiger partial charge on any atom is 0.426 e. The molecule has 0 aromatic heterocycles. The van der Waals surface area contributed by atoms with Crippen LogP contribution < -0.4 is 10.7 Å². The second-order valence-corrected chi connectivity index (χ2v) is 9.52. The van der Waals surface area contributed by atoms with Crippen LogP contribution in [0.1, 0.15) is 66.7 Å². The molecule has 4 amide bonds. The zero-order valence-electron chi connectivity index (χ0n) is 21.8. The van der Waals surface area contributed by atoms with Gasteiger partial charge in [-0.05, 0) is 59.8 Å². The molecule has 1 aliphatic rings. The summed E-state index contributed by atoms with van der Waals surface area (Å²) in [5, 5.41) is 3.92. The molecule has 0 bridgehead atoms. The van der Waals surface area contributed by atoms with Gasteiger partial charge in [0.1, 0.15) is 17.7 Å². The number of hydrogen-bond acceptors (Lipinski definition) is 6. The number of hydrazine groups is 1. The third-order valence-corrected chi connectivity index (χ3v) is 5.43. The van der Waals surface area contributed by atoms with E-state index in [9.17, 15) is 19.2 Å². The number of amides is 4. The molecule has 1 saturated heterocycles. The molecule has 1 aliphatic heterocycles. The predicted octanol–water partition coefficient (Wildman–Crippen LogP) is 3.54. The van der Waals surface area contributed by atoms with Crippen LogP contribution in [0.15, 0.2) is 25.3 Å². The smallest absolute Gasteiger partial charge is 0.426 e. The quantitative estimate of drug-likeness (QED) is 0.196. The Hall–Kier alpha value is -3.04. The fourth-order valence-electron chi connectivity index (χ4n) is 3.61. The van der Waals surface area contributed by atoms with Crippen LogP contribution in [0.5, 0.6) is 0 Å². The molecule has 198 valence electrons. The third kappa shape index (κ3) is 10.00. The fraction of sp³-hybridized carbons (Fsp3) is 0.680. The Kier molecular flexibility index (Phi) is 12.3. The largest absolute Gasteiger partial charge is 0.464 e. The average molecular weight is 495 g/mol. The van der Waals surface area contributed by atoms with Gasteiger partial charge in [-0.15, -0.1) is 13.2 Å². The van der Waals surface area contributed by atoms with Gasteiger partial charge in [-0.2, -0.15) is 0 Å². The first-order valence-electron chi connectivity index (χ1n) is 12.2. The van der Waals surface area contributed by atoms with Gasteiger partial charge in [-0.1, -0.05) is 19.1 Å². The van der Waals surface area contributed by atoms with Gasteiger partial charge in [0, 0.05) is 19.0 Å². The minimum Gasteiger partial charge on any atom is -0.464 e. The fourth-order valence-corrected chi connectivity index (χ4v) is 3.61. The van der Waals surface area contributed by atoms with Crippen molar-refractivity contribution < 1.29 is 28.7 Å². The molecule has 10 nitrogen and oxygen atoms in total. The lowest BCUT2D eigenvalue weighted by Crippen LogP contribution is -2.58. The van der Waals surface area contributed by atoms with Crippen molar-refractivity contribution in [2.24, 2.45) is 5.92 Å². The van der Waals surface area contributed by atoms with Crippen LogP contribution in [0, 0.1) is 5.92 Å². The SMILES string of the molecule is C=CCCCCN(NC(=O)OC(C)(C)C)C(=O)N1CCCC1C(=O)NC(C(=O)OCC)C(C)C=C.